The van der Waals surface area contributed by atoms with E-state index in [1.165, 1.54) is 44.1 Å². The molecule has 0 bridgehead atoms. The molecule has 1 unspecified atom stereocenters. The van der Waals surface area contributed by atoms with Gasteiger partial charge in [0, 0.05) is 5.54 Å². The summed E-state index contributed by atoms with van der Waals surface area (Å²) in [6.07, 6.45) is 7.77. The largest absolute Gasteiger partial charge is 0.490 e. The summed E-state index contributed by atoms with van der Waals surface area (Å²) in [5.74, 6) is 6.90. The van der Waals surface area contributed by atoms with Crippen LogP contribution in [0.3, 0.4) is 0 Å². The van der Waals surface area contributed by atoms with Crippen LogP contribution in [0.25, 0.3) is 0 Å². The molecule has 0 saturated heterocycles. The van der Waals surface area contributed by atoms with E-state index in [4.69, 9.17) is 10.6 Å². The smallest absolute Gasteiger partial charge is 0.119 e. The van der Waals surface area contributed by atoms with Gasteiger partial charge in [-0.05, 0) is 57.5 Å². The lowest BCUT2D eigenvalue weighted by atomic mass is 9.83. The first kappa shape index (κ1) is 14.8. The predicted octanol–water partition coefficient (Wildman–Crippen LogP) is 2.61. The Labute approximate surface area is 127 Å². The van der Waals surface area contributed by atoms with E-state index in [9.17, 15) is 0 Å². The van der Waals surface area contributed by atoms with Crippen LogP contribution in [-0.4, -0.2) is 30.6 Å². The number of nitrogens with zero attached hydrogens (tertiary/aromatic N) is 1. The van der Waals surface area contributed by atoms with Crippen LogP contribution in [0.2, 0.25) is 0 Å². The van der Waals surface area contributed by atoms with Crippen molar-refractivity contribution in [3.05, 3.63) is 29.8 Å². The Balaban J connectivity index is 1.81. The lowest BCUT2D eigenvalue weighted by molar-refractivity contribution is 0.105. The first-order valence-electron chi connectivity index (χ1n) is 8.06. The highest BCUT2D eigenvalue weighted by molar-refractivity contribution is 5.32. The van der Waals surface area contributed by atoms with Crippen LogP contribution in [0.5, 0.6) is 5.75 Å². The normalized spacial score (nSPS) is 22.5. The van der Waals surface area contributed by atoms with E-state index in [1.54, 1.807) is 0 Å². The molecule has 0 amide bonds. The minimum atomic E-state index is 0.119. The monoisotopic (exact) mass is 289 g/mol. The van der Waals surface area contributed by atoms with E-state index in [1.807, 2.05) is 0 Å². The van der Waals surface area contributed by atoms with Crippen molar-refractivity contribution in [2.45, 2.75) is 56.2 Å². The fraction of sp³-hybridized carbons (Fsp3) is 0.647. The third kappa shape index (κ3) is 2.93. The predicted molar refractivity (Wildman–Crippen MR) is 85.0 cm³/mol. The van der Waals surface area contributed by atoms with Crippen LogP contribution in [0, 0.1) is 0 Å². The number of hydrazine groups is 1. The Morgan fingerprint density at radius 3 is 2.29 bits per heavy atom. The maximum absolute atomic E-state index is 5.93. The topological polar surface area (TPSA) is 50.5 Å². The first-order valence-corrected chi connectivity index (χ1v) is 8.06. The van der Waals surface area contributed by atoms with Gasteiger partial charge in [-0.2, -0.15) is 0 Å². The molecular weight excluding hydrogens is 262 g/mol. The molecule has 2 fully saturated rings. The van der Waals surface area contributed by atoms with Gasteiger partial charge in [-0.15, -0.1) is 0 Å². The Hall–Kier alpha value is -1.10. The summed E-state index contributed by atoms with van der Waals surface area (Å²) >= 11 is 0. The number of nitrogens with one attached hydrogen (secondary N) is 1. The number of nitrogens with two attached hydrogens (primary N) is 1. The summed E-state index contributed by atoms with van der Waals surface area (Å²) < 4.78 is 5.83. The molecule has 2 aliphatic carbocycles. The summed E-state index contributed by atoms with van der Waals surface area (Å²) in [5.41, 5.74) is 4.44. The van der Waals surface area contributed by atoms with E-state index in [0.717, 1.165) is 5.75 Å². The van der Waals surface area contributed by atoms with E-state index in [-0.39, 0.29) is 11.6 Å². The molecule has 3 rings (SSSR count). The molecule has 1 atom stereocenters. The Kier molecular flexibility index (Phi) is 4.20. The van der Waals surface area contributed by atoms with Crippen LogP contribution in [0.4, 0.5) is 0 Å². The Morgan fingerprint density at radius 1 is 1.19 bits per heavy atom. The molecule has 1 aromatic carbocycles. The highest BCUT2D eigenvalue weighted by Crippen LogP contribution is 2.43. The highest BCUT2D eigenvalue weighted by Gasteiger charge is 2.43. The second kappa shape index (κ2) is 5.95. The lowest BCUT2D eigenvalue weighted by Gasteiger charge is -2.43. The molecule has 4 heteroatoms. The molecule has 2 saturated carbocycles. The average Bonchev–Trinajstić information content (AvgIpc) is 3.15. The zero-order chi connectivity index (χ0) is 14.9. The van der Waals surface area contributed by atoms with Gasteiger partial charge >= 0.3 is 0 Å². The number of hydrogen-bond acceptors (Lipinski definition) is 4. The van der Waals surface area contributed by atoms with Crippen molar-refractivity contribution in [3.63, 3.8) is 0 Å². The zero-order valence-corrected chi connectivity index (χ0v) is 13.1. The Morgan fingerprint density at radius 2 is 1.81 bits per heavy atom. The second-order valence-corrected chi connectivity index (χ2v) is 6.69. The summed E-state index contributed by atoms with van der Waals surface area (Å²) in [5, 5.41) is 0. The number of rotatable bonds is 6. The maximum atomic E-state index is 5.93. The number of benzene rings is 1. The second-order valence-electron chi connectivity index (χ2n) is 6.69. The lowest BCUT2D eigenvalue weighted by Crippen LogP contribution is -2.53. The molecule has 21 heavy (non-hydrogen) atoms. The van der Waals surface area contributed by atoms with Gasteiger partial charge in [0.1, 0.15) is 5.75 Å². The van der Waals surface area contributed by atoms with Crippen molar-refractivity contribution in [2.24, 2.45) is 5.84 Å². The molecule has 0 aliphatic heterocycles. The molecule has 116 valence electrons. The quantitative estimate of drug-likeness (QED) is 0.624. The standard InChI is InChI=1S/C17H27N3O/c1-20(2)17(11-3-4-12-17)16(19-18)13-5-7-14(8-6-13)21-15-9-10-15/h5-8,15-16,19H,3-4,9-12,18H2,1-2H3. The van der Waals surface area contributed by atoms with Crippen LogP contribution >= 0.6 is 0 Å². The molecule has 3 N–H and O–H groups in total. The van der Waals surface area contributed by atoms with Gasteiger partial charge in [-0.1, -0.05) is 25.0 Å². The fourth-order valence-corrected chi connectivity index (χ4v) is 3.66. The van der Waals surface area contributed by atoms with Crippen molar-refractivity contribution in [1.29, 1.82) is 0 Å². The highest BCUT2D eigenvalue weighted by atomic mass is 16.5. The van der Waals surface area contributed by atoms with E-state index in [0.29, 0.717) is 6.10 Å². The third-order valence-corrected chi connectivity index (χ3v) is 5.10. The molecule has 4 nitrogen and oxygen atoms in total. The fourth-order valence-electron chi connectivity index (χ4n) is 3.66. The zero-order valence-electron chi connectivity index (χ0n) is 13.1. The van der Waals surface area contributed by atoms with Crippen LogP contribution in [0.15, 0.2) is 24.3 Å². The third-order valence-electron chi connectivity index (χ3n) is 5.10. The van der Waals surface area contributed by atoms with E-state index < -0.39 is 0 Å². The van der Waals surface area contributed by atoms with Crippen molar-refractivity contribution >= 4 is 0 Å². The minimum Gasteiger partial charge on any atom is -0.490 e. The van der Waals surface area contributed by atoms with Crippen molar-refractivity contribution in [1.82, 2.24) is 10.3 Å². The minimum absolute atomic E-state index is 0.119. The van der Waals surface area contributed by atoms with Crippen LogP contribution in [-0.2, 0) is 0 Å². The van der Waals surface area contributed by atoms with Gasteiger partial charge in [-0.3, -0.25) is 11.3 Å². The van der Waals surface area contributed by atoms with Crippen LogP contribution in [0.1, 0.15) is 50.1 Å². The summed E-state index contributed by atoms with van der Waals surface area (Å²) in [7, 11) is 4.33. The van der Waals surface area contributed by atoms with E-state index in [2.05, 4.69) is 48.7 Å². The summed E-state index contributed by atoms with van der Waals surface area (Å²) in [4.78, 5) is 2.35. The van der Waals surface area contributed by atoms with Gasteiger partial charge in [0.2, 0.25) is 0 Å². The maximum Gasteiger partial charge on any atom is 0.119 e. The molecule has 0 spiro atoms. The summed E-state index contributed by atoms with van der Waals surface area (Å²) in [6, 6.07) is 8.63. The number of likely N-dealkylation sites (N-methyl/N-ethyl adjacent to an activating group) is 1. The SMILES string of the molecule is CN(C)C1(C(NN)c2ccc(OC3CC3)cc2)CCCC1. The summed E-state index contributed by atoms with van der Waals surface area (Å²) in [6.45, 7) is 0. The van der Waals surface area contributed by atoms with Crippen LogP contribution < -0.4 is 16.0 Å². The average molecular weight is 289 g/mol. The number of ether oxygens (including phenoxy) is 1. The van der Waals surface area contributed by atoms with Gasteiger partial charge in [0.15, 0.2) is 0 Å². The molecule has 0 aromatic heterocycles. The van der Waals surface area contributed by atoms with Gasteiger partial charge in [-0.25, -0.2) is 0 Å². The molecule has 1 aromatic rings. The van der Waals surface area contributed by atoms with Crippen molar-refractivity contribution in [3.8, 4) is 5.75 Å². The molecule has 0 radical (unpaired) electrons. The Bertz CT molecular complexity index is 461. The van der Waals surface area contributed by atoms with Gasteiger partial charge < -0.3 is 9.64 Å². The van der Waals surface area contributed by atoms with E-state index >= 15 is 0 Å². The molecule has 0 heterocycles. The number of hydrogen-bond donors (Lipinski definition) is 2. The molecule has 2 aliphatic rings. The molecular formula is C17H27N3O. The van der Waals surface area contributed by atoms with Gasteiger partial charge in [0.05, 0.1) is 12.1 Å². The first-order chi connectivity index (χ1) is 10.2. The van der Waals surface area contributed by atoms with Crippen molar-refractivity contribution < 1.29 is 4.74 Å². The van der Waals surface area contributed by atoms with Crippen molar-refractivity contribution in [2.75, 3.05) is 14.1 Å². The van der Waals surface area contributed by atoms with Gasteiger partial charge in [0.25, 0.3) is 0 Å².